The zero-order valence-corrected chi connectivity index (χ0v) is 15.0. The lowest BCUT2D eigenvalue weighted by molar-refractivity contribution is -0.144. The monoisotopic (exact) mass is 343 g/mol. The van der Waals surface area contributed by atoms with Crippen molar-refractivity contribution >= 4 is 11.9 Å². The van der Waals surface area contributed by atoms with Crippen molar-refractivity contribution in [2.45, 2.75) is 38.6 Å². The van der Waals surface area contributed by atoms with E-state index in [1.165, 1.54) is 5.56 Å². The Morgan fingerprint density at radius 3 is 2.80 bits per heavy atom. The second-order valence-electron chi connectivity index (χ2n) is 7.82. The third-order valence-electron chi connectivity index (χ3n) is 7.05. The van der Waals surface area contributed by atoms with Crippen LogP contribution in [0, 0.1) is 23.7 Å². The van der Waals surface area contributed by atoms with Crippen molar-refractivity contribution in [3.63, 3.8) is 0 Å². The number of methoxy groups -OCH3 is 1. The molecule has 1 amide bonds. The molecule has 5 nitrogen and oxygen atoms in total. The normalized spacial score (nSPS) is 36.4. The van der Waals surface area contributed by atoms with Crippen LogP contribution < -0.4 is 4.74 Å². The number of carboxylic acids is 1. The van der Waals surface area contributed by atoms with E-state index in [-0.39, 0.29) is 23.7 Å². The molecule has 2 fully saturated rings. The maximum atomic E-state index is 12.8. The Kier molecular flexibility index (Phi) is 3.60. The van der Waals surface area contributed by atoms with Gasteiger partial charge in [-0.2, -0.15) is 0 Å². The van der Waals surface area contributed by atoms with Crippen molar-refractivity contribution in [3.8, 4) is 5.75 Å². The zero-order chi connectivity index (χ0) is 17.9. The number of carbonyl (C=O) groups is 2. The average Bonchev–Trinajstić information content (AvgIpc) is 2.89. The molecule has 134 valence electrons. The van der Waals surface area contributed by atoms with Gasteiger partial charge in [0.25, 0.3) is 0 Å². The highest BCUT2D eigenvalue weighted by Crippen LogP contribution is 2.63. The first-order valence-corrected chi connectivity index (χ1v) is 9.13. The smallest absolute Gasteiger partial charge is 0.307 e. The van der Waals surface area contributed by atoms with Gasteiger partial charge in [0.2, 0.25) is 5.91 Å². The molecule has 1 spiro atoms. The Bertz CT molecular complexity index is 745. The average molecular weight is 343 g/mol. The molecule has 0 bridgehead atoms. The Morgan fingerprint density at radius 2 is 2.12 bits per heavy atom. The number of hydrogen-bond acceptors (Lipinski definition) is 3. The number of aryl methyl sites for hydroxylation is 1. The second-order valence-corrected chi connectivity index (χ2v) is 7.82. The molecule has 0 radical (unpaired) electrons. The Hall–Kier alpha value is -2.04. The van der Waals surface area contributed by atoms with Gasteiger partial charge in [-0.1, -0.05) is 19.9 Å². The molecule has 1 aromatic rings. The fourth-order valence-electron chi connectivity index (χ4n) is 5.94. The molecule has 2 heterocycles. The van der Waals surface area contributed by atoms with E-state index in [9.17, 15) is 14.7 Å². The van der Waals surface area contributed by atoms with Gasteiger partial charge in [0, 0.05) is 18.9 Å². The van der Waals surface area contributed by atoms with Crippen molar-refractivity contribution in [2.75, 3.05) is 13.7 Å². The zero-order valence-electron chi connectivity index (χ0n) is 15.0. The molecule has 5 atom stereocenters. The predicted molar refractivity (Wildman–Crippen MR) is 92.3 cm³/mol. The molecule has 1 saturated carbocycles. The van der Waals surface area contributed by atoms with E-state index < -0.39 is 17.4 Å². The molecular formula is C20H25NO4. The van der Waals surface area contributed by atoms with Gasteiger partial charge in [0.1, 0.15) is 5.75 Å². The number of fused-ring (bicyclic) bond motifs is 1. The van der Waals surface area contributed by atoms with Crippen LogP contribution in [0.3, 0.4) is 0 Å². The third-order valence-corrected chi connectivity index (χ3v) is 7.05. The highest BCUT2D eigenvalue weighted by atomic mass is 16.5. The van der Waals surface area contributed by atoms with E-state index in [0.29, 0.717) is 13.0 Å². The van der Waals surface area contributed by atoms with Crippen LogP contribution in [0.5, 0.6) is 5.75 Å². The van der Waals surface area contributed by atoms with Gasteiger partial charge in [-0.3, -0.25) is 9.59 Å². The summed E-state index contributed by atoms with van der Waals surface area (Å²) < 4.78 is 5.40. The van der Waals surface area contributed by atoms with Gasteiger partial charge < -0.3 is 14.7 Å². The van der Waals surface area contributed by atoms with E-state index >= 15 is 0 Å². The molecule has 1 aliphatic carbocycles. The van der Waals surface area contributed by atoms with E-state index in [1.807, 2.05) is 17.9 Å². The number of carbonyl (C=O) groups excluding carboxylic acids is 1. The van der Waals surface area contributed by atoms with Gasteiger partial charge in [-0.05, 0) is 47.9 Å². The van der Waals surface area contributed by atoms with Crippen LogP contribution in [0.4, 0.5) is 0 Å². The van der Waals surface area contributed by atoms with Gasteiger partial charge in [0.15, 0.2) is 0 Å². The van der Waals surface area contributed by atoms with Crippen LogP contribution in [-0.2, 0) is 21.5 Å². The standard InChI is InChI=1S/C20H25NO4/c1-11-12(2)20-15-7-6-14(25-3)9-13(15)5-4-8-21(20)17(22)10-16(20)18(11)19(23)24/h6-7,9,11-12,16,18H,4-5,8,10H2,1-3H3,(H,23,24). The number of amides is 1. The summed E-state index contributed by atoms with van der Waals surface area (Å²) in [4.78, 5) is 26.9. The largest absolute Gasteiger partial charge is 0.497 e. The number of aliphatic carboxylic acids is 1. The lowest BCUT2D eigenvalue weighted by Gasteiger charge is -2.43. The molecule has 4 rings (SSSR count). The number of benzene rings is 1. The Labute approximate surface area is 148 Å². The number of hydrogen-bond donors (Lipinski definition) is 1. The maximum Gasteiger partial charge on any atom is 0.307 e. The number of rotatable bonds is 2. The van der Waals surface area contributed by atoms with Crippen molar-refractivity contribution < 1.29 is 19.4 Å². The summed E-state index contributed by atoms with van der Waals surface area (Å²) in [5.41, 5.74) is 1.86. The lowest BCUT2D eigenvalue weighted by Crippen LogP contribution is -2.49. The Morgan fingerprint density at radius 1 is 1.36 bits per heavy atom. The predicted octanol–water partition coefficient (Wildman–Crippen LogP) is 2.67. The first-order valence-electron chi connectivity index (χ1n) is 9.13. The fourth-order valence-corrected chi connectivity index (χ4v) is 5.94. The molecular weight excluding hydrogens is 318 g/mol. The van der Waals surface area contributed by atoms with Crippen LogP contribution in [-0.4, -0.2) is 35.5 Å². The maximum absolute atomic E-state index is 12.8. The minimum absolute atomic E-state index is 0.0335. The highest BCUT2D eigenvalue weighted by Gasteiger charge is 2.68. The second kappa shape index (κ2) is 5.48. The van der Waals surface area contributed by atoms with Gasteiger partial charge in [-0.15, -0.1) is 0 Å². The first-order chi connectivity index (χ1) is 11.9. The Balaban J connectivity index is 1.97. The number of ether oxygens (including phenoxy) is 1. The highest BCUT2D eigenvalue weighted by molar-refractivity contribution is 5.84. The van der Waals surface area contributed by atoms with Crippen molar-refractivity contribution in [3.05, 3.63) is 29.3 Å². The number of carboxylic acid groups (broad SMARTS) is 1. The summed E-state index contributed by atoms with van der Waals surface area (Å²) in [5.74, 6) is -0.335. The van der Waals surface area contributed by atoms with E-state index in [0.717, 1.165) is 24.2 Å². The minimum Gasteiger partial charge on any atom is -0.497 e. The van der Waals surface area contributed by atoms with Crippen LogP contribution in [0.2, 0.25) is 0 Å². The quantitative estimate of drug-likeness (QED) is 0.896. The molecule has 1 aromatic carbocycles. The molecule has 25 heavy (non-hydrogen) atoms. The van der Waals surface area contributed by atoms with Crippen LogP contribution >= 0.6 is 0 Å². The molecule has 5 heteroatoms. The minimum atomic E-state index is -0.768. The summed E-state index contributed by atoms with van der Waals surface area (Å²) in [5, 5.41) is 9.87. The molecule has 1 N–H and O–H groups in total. The summed E-state index contributed by atoms with van der Waals surface area (Å²) in [6.45, 7) is 4.87. The molecule has 1 saturated heterocycles. The topological polar surface area (TPSA) is 66.8 Å². The van der Waals surface area contributed by atoms with Gasteiger partial charge >= 0.3 is 5.97 Å². The fraction of sp³-hybridized carbons (Fsp3) is 0.600. The van der Waals surface area contributed by atoms with Crippen LogP contribution in [0.25, 0.3) is 0 Å². The summed E-state index contributed by atoms with van der Waals surface area (Å²) in [6, 6.07) is 6.09. The van der Waals surface area contributed by atoms with Gasteiger partial charge in [-0.25, -0.2) is 0 Å². The summed E-state index contributed by atoms with van der Waals surface area (Å²) in [7, 11) is 1.66. The molecule has 5 unspecified atom stereocenters. The van der Waals surface area contributed by atoms with E-state index in [4.69, 9.17) is 4.74 Å². The van der Waals surface area contributed by atoms with E-state index in [1.54, 1.807) is 7.11 Å². The first kappa shape index (κ1) is 16.4. The third kappa shape index (κ3) is 1.95. The van der Waals surface area contributed by atoms with E-state index in [2.05, 4.69) is 19.1 Å². The molecule has 3 aliphatic rings. The van der Waals surface area contributed by atoms with Crippen LogP contribution in [0.1, 0.15) is 37.8 Å². The van der Waals surface area contributed by atoms with Gasteiger partial charge in [0.05, 0.1) is 18.6 Å². The van der Waals surface area contributed by atoms with Crippen molar-refractivity contribution in [2.24, 2.45) is 23.7 Å². The molecule has 0 aromatic heterocycles. The van der Waals surface area contributed by atoms with Crippen LogP contribution in [0.15, 0.2) is 18.2 Å². The van der Waals surface area contributed by atoms with Crippen molar-refractivity contribution in [1.29, 1.82) is 0 Å². The lowest BCUT2D eigenvalue weighted by atomic mass is 9.73. The van der Waals surface area contributed by atoms with Crippen molar-refractivity contribution in [1.82, 2.24) is 4.90 Å². The summed E-state index contributed by atoms with van der Waals surface area (Å²) >= 11 is 0. The SMILES string of the molecule is COc1ccc2c(c1)CCCN1C(=O)CC3C(C(=O)O)C(C)C(C)C231. The molecule has 2 aliphatic heterocycles. The summed E-state index contributed by atoms with van der Waals surface area (Å²) in [6.07, 6.45) is 2.14. The number of nitrogens with zero attached hydrogens (tertiary/aromatic N) is 1.